The lowest BCUT2D eigenvalue weighted by Crippen LogP contribution is -2.13. The maximum Gasteiger partial charge on any atom is 0.138 e. The number of nitrogens with zero attached hydrogens (tertiary/aromatic N) is 2. The molecule has 7 heteroatoms. The van der Waals surface area contributed by atoms with Crippen molar-refractivity contribution < 1.29 is 14.2 Å². The highest BCUT2D eigenvalue weighted by molar-refractivity contribution is 7.17. The first kappa shape index (κ1) is 18.3. The van der Waals surface area contributed by atoms with Crippen LogP contribution in [0.3, 0.4) is 0 Å². The second-order valence-electron chi connectivity index (χ2n) is 6.23. The van der Waals surface area contributed by atoms with Crippen LogP contribution >= 0.6 is 11.3 Å². The van der Waals surface area contributed by atoms with Crippen LogP contribution in [0.4, 0.5) is 10.2 Å². The summed E-state index contributed by atoms with van der Waals surface area (Å²) in [4.78, 5) is 9.58. The molecule has 2 aromatic heterocycles. The number of ether oxygens (including phenoxy) is 1. The molecule has 0 saturated carbocycles. The van der Waals surface area contributed by atoms with Gasteiger partial charge in [0.05, 0.1) is 18.6 Å². The van der Waals surface area contributed by atoms with Gasteiger partial charge in [-0.3, -0.25) is 0 Å². The fourth-order valence-electron chi connectivity index (χ4n) is 2.99. The monoisotopic (exact) mass is 395 g/mol. The summed E-state index contributed by atoms with van der Waals surface area (Å²) in [5, 5.41) is 16.6. The third kappa shape index (κ3) is 3.67. The zero-order valence-electron chi connectivity index (χ0n) is 15.1. The van der Waals surface area contributed by atoms with E-state index in [0.717, 1.165) is 27.1 Å². The van der Waals surface area contributed by atoms with Gasteiger partial charge in [-0.05, 0) is 35.4 Å². The van der Waals surface area contributed by atoms with Crippen LogP contribution in [0.25, 0.3) is 21.3 Å². The van der Waals surface area contributed by atoms with Gasteiger partial charge in [-0.25, -0.2) is 14.4 Å². The number of rotatable bonds is 6. The maximum absolute atomic E-state index is 13.1. The van der Waals surface area contributed by atoms with Gasteiger partial charge < -0.3 is 15.2 Å². The second-order valence-corrected chi connectivity index (χ2v) is 7.09. The minimum absolute atomic E-state index is 0.246. The molecule has 28 heavy (non-hydrogen) atoms. The zero-order valence-corrected chi connectivity index (χ0v) is 15.9. The first-order valence-corrected chi connectivity index (χ1v) is 9.57. The summed E-state index contributed by atoms with van der Waals surface area (Å²) >= 11 is 1.54. The van der Waals surface area contributed by atoms with Crippen LogP contribution in [0.5, 0.6) is 5.75 Å². The molecule has 2 aromatic carbocycles. The number of methoxy groups -OCH3 is 1. The van der Waals surface area contributed by atoms with E-state index in [1.54, 1.807) is 19.2 Å². The number of fused-ring (bicyclic) bond motifs is 1. The summed E-state index contributed by atoms with van der Waals surface area (Å²) in [6, 6.07) is 13.6. The average Bonchev–Trinajstić information content (AvgIpc) is 3.17. The van der Waals surface area contributed by atoms with Crippen molar-refractivity contribution in [2.45, 2.75) is 6.10 Å². The molecule has 1 unspecified atom stereocenters. The van der Waals surface area contributed by atoms with Crippen molar-refractivity contribution in [1.29, 1.82) is 0 Å². The molecule has 0 radical (unpaired) electrons. The van der Waals surface area contributed by atoms with Gasteiger partial charge >= 0.3 is 0 Å². The molecule has 0 aliphatic carbocycles. The van der Waals surface area contributed by atoms with Crippen LogP contribution < -0.4 is 10.1 Å². The number of halogens is 1. The normalized spacial score (nSPS) is 12.1. The Morgan fingerprint density at radius 2 is 1.86 bits per heavy atom. The van der Waals surface area contributed by atoms with E-state index in [1.165, 1.54) is 29.8 Å². The van der Waals surface area contributed by atoms with Crippen molar-refractivity contribution in [2.75, 3.05) is 19.0 Å². The van der Waals surface area contributed by atoms with E-state index in [-0.39, 0.29) is 12.4 Å². The lowest BCUT2D eigenvalue weighted by molar-refractivity contribution is 0.191. The van der Waals surface area contributed by atoms with Crippen LogP contribution in [0.15, 0.2) is 60.2 Å². The summed E-state index contributed by atoms with van der Waals surface area (Å²) in [7, 11) is 1.64. The first-order valence-electron chi connectivity index (χ1n) is 8.69. The number of hydrogen-bond acceptors (Lipinski definition) is 6. The molecule has 0 spiro atoms. The van der Waals surface area contributed by atoms with E-state index in [2.05, 4.69) is 15.3 Å². The van der Waals surface area contributed by atoms with Crippen LogP contribution in [0, 0.1) is 5.82 Å². The first-order chi connectivity index (χ1) is 13.7. The van der Waals surface area contributed by atoms with Gasteiger partial charge in [0, 0.05) is 17.5 Å². The van der Waals surface area contributed by atoms with E-state index in [9.17, 15) is 9.50 Å². The Labute approximate surface area is 165 Å². The van der Waals surface area contributed by atoms with Gasteiger partial charge in [-0.2, -0.15) is 0 Å². The Balaban J connectivity index is 1.62. The molecule has 5 nitrogen and oxygen atoms in total. The summed E-state index contributed by atoms with van der Waals surface area (Å²) in [5.41, 5.74) is 2.69. The summed E-state index contributed by atoms with van der Waals surface area (Å²) < 4.78 is 18.3. The number of aromatic nitrogens is 2. The zero-order chi connectivity index (χ0) is 19.5. The van der Waals surface area contributed by atoms with Crippen molar-refractivity contribution >= 4 is 27.4 Å². The van der Waals surface area contributed by atoms with E-state index >= 15 is 0 Å². The molecular formula is C21H18FN3O2S. The van der Waals surface area contributed by atoms with Crippen LogP contribution in [0.2, 0.25) is 0 Å². The van der Waals surface area contributed by atoms with E-state index < -0.39 is 6.10 Å². The molecule has 4 aromatic rings. The van der Waals surface area contributed by atoms with Crippen LogP contribution in [-0.2, 0) is 0 Å². The minimum Gasteiger partial charge on any atom is -0.497 e. The average molecular weight is 395 g/mol. The van der Waals surface area contributed by atoms with Crippen molar-refractivity contribution in [1.82, 2.24) is 9.97 Å². The van der Waals surface area contributed by atoms with Gasteiger partial charge in [-0.1, -0.05) is 24.3 Å². The number of aliphatic hydroxyl groups is 1. The number of aliphatic hydroxyl groups excluding tert-OH is 1. The Kier molecular flexibility index (Phi) is 5.18. The van der Waals surface area contributed by atoms with Crippen molar-refractivity contribution in [2.24, 2.45) is 0 Å². The molecule has 2 heterocycles. The molecule has 0 fully saturated rings. The maximum atomic E-state index is 13.1. The van der Waals surface area contributed by atoms with E-state index in [1.807, 2.05) is 29.6 Å². The predicted octanol–water partition coefficient (Wildman–Crippen LogP) is 4.65. The third-order valence-electron chi connectivity index (χ3n) is 4.49. The second kappa shape index (κ2) is 7.92. The highest BCUT2D eigenvalue weighted by Crippen LogP contribution is 2.37. The lowest BCUT2D eigenvalue weighted by atomic mass is 10.1. The smallest absolute Gasteiger partial charge is 0.138 e. The molecule has 0 bridgehead atoms. The SMILES string of the molecule is COc1ccc(-c2csc3ncnc(NCC(O)c4ccc(F)cc4)c23)cc1. The van der Waals surface area contributed by atoms with Gasteiger partial charge in [0.1, 0.15) is 28.5 Å². The Morgan fingerprint density at radius 1 is 1.11 bits per heavy atom. The summed E-state index contributed by atoms with van der Waals surface area (Å²) in [5.74, 6) is 1.11. The molecule has 0 aliphatic rings. The highest BCUT2D eigenvalue weighted by Gasteiger charge is 2.15. The highest BCUT2D eigenvalue weighted by atomic mass is 32.1. The third-order valence-corrected chi connectivity index (χ3v) is 5.38. The molecule has 0 amide bonds. The molecule has 142 valence electrons. The Hall–Kier alpha value is -3.03. The number of anilines is 1. The number of hydrogen-bond donors (Lipinski definition) is 2. The van der Waals surface area contributed by atoms with Crippen LogP contribution in [-0.4, -0.2) is 28.7 Å². The van der Waals surface area contributed by atoms with Gasteiger partial charge in [0.15, 0.2) is 0 Å². The predicted molar refractivity (Wildman–Crippen MR) is 109 cm³/mol. The molecule has 2 N–H and O–H groups in total. The molecule has 4 rings (SSSR count). The lowest BCUT2D eigenvalue weighted by Gasteiger charge is -2.14. The Bertz CT molecular complexity index is 1080. The quantitative estimate of drug-likeness (QED) is 0.497. The topological polar surface area (TPSA) is 67.3 Å². The summed E-state index contributed by atoms with van der Waals surface area (Å²) in [6.45, 7) is 0.246. The van der Waals surface area contributed by atoms with Gasteiger partial charge in [0.2, 0.25) is 0 Å². The van der Waals surface area contributed by atoms with E-state index in [0.29, 0.717) is 11.4 Å². The molecule has 1 atom stereocenters. The van der Waals surface area contributed by atoms with E-state index in [4.69, 9.17) is 4.74 Å². The van der Waals surface area contributed by atoms with Crippen molar-refractivity contribution in [3.05, 3.63) is 71.6 Å². The van der Waals surface area contributed by atoms with Crippen LogP contribution in [0.1, 0.15) is 11.7 Å². The van der Waals surface area contributed by atoms with Crippen molar-refractivity contribution in [3.63, 3.8) is 0 Å². The molecule has 0 saturated heterocycles. The van der Waals surface area contributed by atoms with Gasteiger partial charge in [0.25, 0.3) is 0 Å². The number of thiophene rings is 1. The Morgan fingerprint density at radius 3 is 2.57 bits per heavy atom. The van der Waals surface area contributed by atoms with Crippen molar-refractivity contribution in [3.8, 4) is 16.9 Å². The number of nitrogens with one attached hydrogen (secondary N) is 1. The minimum atomic E-state index is -0.784. The standard InChI is InChI=1S/C21H18FN3O2S/c1-27-16-8-4-13(5-9-16)17-11-28-21-19(17)20(24-12-25-21)23-10-18(26)14-2-6-15(22)7-3-14/h2-9,11-12,18,26H,10H2,1H3,(H,23,24,25). The fraction of sp³-hybridized carbons (Fsp3) is 0.143. The molecular weight excluding hydrogens is 377 g/mol. The number of benzene rings is 2. The molecule has 0 aliphatic heterocycles. The fourth-order valence-corrected chi connectivity index (χ4v) is 3.90. The van der Waals surface area contributed by atoms with Gasteiger partial charge in [-0.15, -0.1) is 11.3 Å². The summed E-state index contributed by atoms with van der Waals surface area (Å²) in [6.07, 6.45) is 0.720. The largest absolute Gasteiger partial charge is 0.497 e.